The summed E-state index contributed by atoms with van der Waals surface area (Å²) in [6, 6.07) is 5.17. The van der Waals surface area contributed by atoms with Gasteiger partial charge in [0.1, 0.15) is 0 Å². The maximum Gasteiger partial charge on any atom is 0.337 e. The Bertz CT molecular complexity index is 376. The van der Waals surface area contributed by atoms with Crippen molar-refractivity contribution in [3.63, 3.8) is 0 Å². The lowest BCUT2D eigenvalue weighted by Crippen LogP contribution is -2.12. The van der Waals surface area contributed by atoms with Crippen molar-refractivity contribution in [2.75, 3.05) is 0 Å². The molecule has 0 aliphatic carbocycles. The molecule has 1 aromatic carbocycles. The van der Waals surface area contributed by atoms with Gasteiger partial charge in [0.2, 0.25) is 0 Å². The van der Waals surface area contributed by atoms with Crippen LogP contribution in [0.4, 0.5) is 5.69 Å². The zero-order valence-electron chi connectivity index (χ0n) is 6.95. The molecule has 6 heteroatoms. The van der Waals surface area contributed by atoms with Gasteiger partial charge in [-0.05, 0) is 6.07 Å². The molecule has 0 fully saturated rings. The van der Waals surface area contributed by atoms with E-state index in [4.69, 9.17) is 10.2 Å². The van der Waals surface area contributed by atoms with Crippen molar-refractivity contribution < 1.29 is 19.9 Å². The van der Waals surface area contributed by atoms with E-state index in [1.54, 1.807) is 0 Å². The largest absolute Gasteiger partial charge is 0.479 e. The van der Waals surface area contributed by atoms with Crippen molar-refractivity contribution in [3.05, 3.63) is 39.9 Å². The normalized spacial score (nSPS) is 12.1. The van der Waals surface area contributed by atoms with E-state index in [-0.39, 0.29) is 5.56 Å². The minimum Gasteiger partial charge on any atom is -0.479 e. The Hall–Kier alpha value is -1.95. The second-order valence-corrected chi connectivity index (χ2v) is 2.56. The first-order valence-corrected chi connectivity index (χ1v) is 3.68. The number of rotatable bonds is 3. The van der Waals surface area contributed by atoms with Crippen LogP contribution >= 0.6 is 0 Å². The first kappa shape index (κ1) is 10.1. The van der Waals surface area contributed by atoms with Crippen molar-refractivity contribution in [2.24, 2.45) is 0 Å². The summed E-state index contributed by atoms with van der Waals surface area (Å²) in [5.41, 5.74) is -0.618. The van der Waals surface area contributed by atoms with E-state index in [1.807, 2.05) is 0 Å². The lowest BCUT2D eigenvalue weighted by atomic mass is 10.1. The molecule has 6 nitrogen and oxygen atoms in total. The third-order valence-corrected chi connectivity index (χ3v) is 1.66. The van der Waals surface area contributed by atoms with Gasteiger partial charge in [-0.2, -0.15) is 0 Å². The summed E-state index contributed by atoms with van der Waals surface area (Å²) in [6.45, 7) is 0. The average Bonchev–Trinajstić information content (AvgIpc) is 2.16. The second-order valence-electron chi connectivity index (χ2n) is 2.56. The van der Waals surface area contributed by atoms with Crippen LogP contribution < -0.4 is 0 Å². The third-order valence-electron chi connectivity index (χ3n) is 1.66. The fourth-order valence-electron chi connectivity index (χ4n) is 1.02. The molecule has 0 saturated carbocycles. The third kappa shape index (κ3) is 1.86. The van der Waals surface area contributed by atoms with E-state index in [9.17, 15) is 14.9 Å². The Kier molecular flexibility index (Phi) is 2.78. The van der Waals surface area contributed by atoms with Crippen molar-refractivity contribution in [3.8, 4) is 0 Å². The van der Waals surface area contributed by atoms with Crippen LogP contribution in [-0.4, -0.2) is 21.1 Å². The number of nitro benzene ring substituents is 1. The van der Waals surface area contributed by atoms with Crippen LogP contribution in [0.3, 0.4) is 0 Å². The highest BCUT2D eigenvalue weighted by atomic mass is 16.6. The number of carboxylic acids is 1. The maximum absolute atomic E-state index is 10.5. The molecule has 0 heterocycles. The molecule has 0 aliphatic rings. The van der Waals surface area contributed by atoms with Crippen LogP contribution in [0.2, 0.25) is 0 Å². The van der Waals surface area contributed by atoms with Crippen LogP contribution in [0.25, 0.3) is 0 Å². The molecular weight excluding hydrogens is 190 g/mol. The van der Waals surface area contributed by atoms with Crippen molar-refractivity contribution in [2.45, 2.75) is 6.10 Å². The number of hydrogen-bond donors (Lipinski definition) is 2. The highest BCUT2D eigenvalue weighted by molar-refractivity contribution is 5.75. The fraction of sp³-hybridized carbons (Fsp3) is 0.125. The number of hydrogen-bond acceptors (Lipinski definition) is 4. The highest BCUT2D eigenvalue weighted by Crippen LogP contribution is 2.24. The minimum absolute atomic E-state index is 0.218. The number of carboxylic acid groups (broad SMARTS) is 1. The van der Waals surface area contributed by atoms with Crippen LogP contribution in [0.1, 0.15) is 11.7 Å². The van der Waals surface area contributed by atoms with Gasteiger partial charge in [0, 0.05) is 6.07 Å². The van der Waals surface area contributed by atoms with Crippen molar-refractivity contribution in [1.29, 1.82) is 0 Å². The Morgan fingerprint density at radius 3 is 2.50 bits per heavy atom. The molecule has 2 N–H and O–H groups in total. The number of aliphatic hydroxyl groups excluding tert-OH is 1. The maximum atomic E-state index is 10.5. The van der Waals surface area contributed by atoms with Gasteiger partial charge in [0.25, 0.3) is 5.69 Å². The summed E-state index contributed by atoms with van der Waals surface area (Å²) in [5.74, 6) is -1.51. The number of nitrogens with zero attached hydrogens (tertiary/aromatic N) is 1. The zero-order valence-corrected chi connectivity index (χ0v) is 6.95. The number of aliphatic carboxylic acids is 1. The summed E-state index contributed by atoms with van der Waals surface area (Å²) >= 11 is 0. The number of benzene rings is 1. The lowest BCUT2D eigenvalue weighted by molar-refractivity contribution is -0.386. The van der Waals surface area contributed by atoms with Gasteiger partial charge < -0.3 is 10.2 Å². The molecule has 0 spiro atoms. The Labute approximate surface area is 78.6 Å². The van der Waals surface area contributed by atoms with Gasteiger partial charge in [-0.15, -0.1) is 0 Å². The molecule has 0 saturated heterocycles. The second kappa shape index (κ2) is 3.84. The summed E-state index contributed by atoms with van der Waals surface area (Å²) < 4.78 is 0. The summed E-state index contributed by atoms with van der Waals surface area (Å²) in [4.78, 5) is 20.1. The molecule has 0 aromatic heterocycles. The molecule has 74 valence electrons. The first-order chi connectivity index (χ1) is 6.54. The molecule has 0 aliphatic heterocycles. The van der Waals surface area contributed by atoms with Crippen LogP contribution in [0.5, 0.6) is 0 Å². The molecule has 14 heavy (non-hydrogen) atoms. The van der Waals surface area contributed by atoms with Crippen LogP contribution in [0.15, 0.2) is 24.3 Å². The van der Waals surface area contributed by atoms with E-state index in [2.05, 4.69) is 0 Å². The van der Waals surface area contributed by atoms with Gasteiger partial charge in [-0.1, -0.05) is 12.1 Å². The average molecular weight is 197 g/mol. The van der Waals surface area contributed by atoms with E-state index in [0.29, 0.717) is 0 Å². The monoisotopic (exact) mass is 197 g/mol. The smallest absolute Gasteiger partial charge is 0.337 e. The van der Waals surface area contributed by atoms with Gasteiger partial charge in [0.05, 0.1) is 10.5 Å². The predicted octanol–water partition coefficient (Wildman–Crippen LogP) is 0.713. The topological polar surface area (TPSA) is 101 Å². The van der Waals surface area contributed by atoms with Crippen LogP contribution in [0, 0.1) is 10.1 Å². The minimum atomic E-state index is -1.86. The standard InChI is InChI=1S/C8H7NO5/c10-7(8(11)12)5-3-1-2-4-6(5)9(13)14/h1-4,7,10H,(H,11,12)/t7-/m1/s1. The molecule has 1 rings (SSSR count). The van der Waals surface area contributed by atoms with Crippen molar-refractivity contribution >= 4 is 11.7 Å². The van der Waals surface area contributed by atoms with E-state index < -0.39 is 22.7 Å². The number of carbonyl (C=O) groups is 1. The molecule has 0 bridgehead atoms. The summed E-state index contributed by atoms with van der Waals surface area (Å²) in [5, 5.41) is 28.0. The van der Waals surface area contributed by atoms with Crippen LogP contribution in [-0.2, 0) is 4.79 Å². The number of para-hydroxylation sites is 1. The first-order valence-electron chi connectivity index (χ1n) is 3.68. The number of nitro groups is 1. The Balaban J connectivity index is 3.19. The molecule has 1 aromatic rings. The SMILES string of the molecule is O=C(O)[C@H](O)c1ccccc1[N+](=O)[O-]. The lowest BCUT2D eigenvalue weighted by Gasteiger charge is -2.05. The summed E-state index contributed by atoms with van der Waals surface area (Å²) in [6.07, 6.45) is -1.86. The summed E-state index contributed by atoms with van der Waals surface area (Å²) in [7, 11) is 0. The molecule has 0 radical (unpaired) electrons. The van der Waals surface area contributed by atoms with Gasteiger partial charge >= 0.3 is 5.97 Å². The molecular formula is C8H7NO5. The Morgan fingerprint density at radius 1 is 1.43 bits per heavy atom. The van der Waals surface area contributed by atoms with E-state index in [1.165, 1.54) is 18.2 Å². The highest BCUT2D eigenvalue weighted by Gasteiger charge is 2.24. The van der Waals surface area contributed by atoms with E-state index in [0.717, 1.165) is 6.07 Å². The fourth-order valence-corrected chi connectivity index (χ4v) is 1.02. The van der Waals surface area contributed by atoms with E-state index >= 15 is 0 Å². The predicted molar refractivity (Wildman–Crippen MR) is 45.7 cm³/mol. The van der Waals surface area contributed by atoms with Gasteiger partial charge in [-0.25, -0.2) is 4.79 Å². The van der Waals surface area contributed by atoms with Gasteiger partial charge in [-0.3, -0.25) is 10.1 Å². The zero-order chi connectivity index (χ0) is 10.7. The van der Waals surface area contributed by atoms with Gasteiger partial charge in [0.15, 0.2) is 6.10 Å². The van der Waals surface area contributed by atoms with Crippen molar-refractivity contribution in [1.82, 2.24) is 0 Å². The molecule has 0 amide bonds. The molecule has 0 unspecified atom stereocenters. The quantitative estimate of drug-likeness (QED) is 0.549. The number of aliphatic hydroxyl groups is 1. The molecule has 1 atom stereocenters. The Morgan fingerprint density at radius 2 is 2.00 bits per heavy atom.